The Morgan fingerprint density at radius 2 is 1.58 bits per heavy atom. The molecule has 0 saturated carbocycles. The molecule has 0 aliphatic heterocycles. The molecule has 142 valence electrons. The lowest BCUT2D eigenvalue weighted by molar-refractivity contribution is -0.143. The maximum absolute atomic E-state index is 11.7. The first-order valence-electron chi connectivity index (χ1n) is 7.56. The fourth-order valence-electron chi connectivity index (χ4n) is 1.84. The Bertz CT molecular complexity index is 684. The highest BCUT2D eigenvalue weighted by Gasteiger charge is 2.12. The van der Waals surface area contributed by atoms with Crippen LogP contribution in [0.2, 0.25) is 0 Å². The van der Waals surface area contributed by atoms with Gasteiger partial charge in [0.05, 0.1) is 27.9 Å². The molecule has 0 heterocycles. The van der Waals surface area contributed by atoms with Crippen LogP contribution in [0, 0.1) is 0 Å². The number of ether oxygens (including phenoxy) is 5. The van der Waals surface area contributed by atoms with Gasteiger partial charge >= 0.3 is 12.1 Å². The number of benzene rings is 1. The van der Waals surface area contributed by atoms with Crippen molar-refractivity contribution in [2.45, 2.75) is 6.92 Å². The molecule has 9 nitrogen and oxygen atoms in total. The fraction of sp³-hybridized carbons (Fsp3) is 0.353. The predicted molar refractivity (Wildman–Crippen MR) is 91.3 cm³/mol. The molecular formula is C17H21NO8. The molecule has 1 rings (SSSR count). The van der Waals surface area contributed by atoms with Crippen molar-refractivity contribution >= 4 is 24.0 Å². The number of carbonyl (C=O) groups is 3. The summed E-state index contributed by atoms with van der Waals surface area (Å²) in [4.78, 5) is 34.2. The molecule has 0 saturated heterocycles. The Hall–Kier alpha value is -3.23. The highest BCUT2D eigenvalue weighted by molar-refractivity contribution is 5.94. The summed E-state index contributed by atoms with van der Waals surface area (Å²) in [6.07, 6.45) is 1.65. The van der Waals surface area contributed by atoms with Crippen LogP contribution < -0.4 is 19.5 Å². The average molecular weight is 367 g/mol. The smallest absolute Gasteiger partial charge is 0.413 e. The Kier molecular flexibility index (Phi) is 8.48. The van der Waals surface area contributed by atoms with E-state index < -0.39 is 24.6 Å². The number of hydrogen-bond acceptors (Lipinski definition) is 8. The SMILES string of the molecule is CCOC(=O)NC(=O)COC(=O)/C=C/c1cc(OC)c(OC)cc1OC. The molecule has 0 radical (unpaired) electrons. The lowest BCUT2D eigenvalue weighted by Crippen LogP contribution is -2.34. The van der Waals surface area contributed by atoms with Crippen molar-refractivity contribution in [3.8, 4) is 17.2 Å². The van der Waals surface area contributed by atoms with E-state index in [-0.39, 0.29) is 6.61 Å². The molecule has 0 aromatic heterocycles. The predicted octanol–water partition coefficient (Wildman–Crippen LogP) is 1.54. The van der Waals surface area contributed by atoms with Gasteiger partial charge in [0.15, 0.2) is 18.1 Å². The van der Waals surface area contributed by atoms with Gasteiger partial charge in [-0.3, -0.25) is 10.1 Å². The van der Waals surface area contributed by atoms with Gasteiger partial charge in [0.25, 0.3) is 5.91 Å². The summed E-state index contributed by atoms with van der Waals surface area (Å²) in [7, 11) is 4.44. The zero-order chi connectivity index (χ0) is 19.5. The van der Waals surface area contributed by atoms with Crippen molar-refractivity contribution in [1.29, 1.82) is 0 Å². The minimum Gasteiger partial charge on any atom is -0.496 e. The molecule has 26 heavy (non-hydrogen) atoms. The summed E-state index contributed by atoms with van der Waals surface area (Å²) < 4.78 is 24.9. The third kappa shape index (κ3) is 6.34. The number of carbonyl (C=O) groups excluding carboxylic acids is 3. The minimum absolute atomic E-state index is 0.120. The van der Waals surface area contributed by atoms with E-state index in [0.717, 1.165) is 6.08 Å². The molecule has 0 unspecified atom stereocenters. The van der Waals surface area contributed by atoms with Crippen LogP contribution in [-0.2, 0) is 19.1 Å². The van der Waals surface area contributed by atoms with Gasteiger partial charge in [-0.25, -0.2) is 9.59 Å². The van der Waals surface area contributed by atoms with Gasteiger partial charge in [0.1, 0.15) is 5.75 Å². The molecule has 1 aromatic carbocycles. The summed E-state index contributed by atoms with van der Waals surface area (Å²) >= 11 is 0. The Morgan fingerprint density at radius 1 is 0.962 bits per heavy atom. The van der Waals surface area contributed by atoms with E-state index in [9.17, 15) is 14.4 Å². The molecule has 2 amide bonds. The first kappa shape index (κ1) is 20.8. The van der Waals surface area contributed by atoms with Crippen LogP contribution in [-0.4, -0.2) is 52.5 Å². The lowest BCUT2D eigenvalue weighted by Gasteiger charge is -2.12. The topological polar surface area (TPSA) is 109 Å². The van der Waals surface area contributed by atoms with Crippen molar-refractivity contribution in [3.05, 3.63) is 23.8 Å². The number of methoxy groups -OCH3 is 3. The maximum Gasteiger partial charge on any atom is 0.413 e. The van der Waals surface area contributed by atoms with Crippen molar-refractivity contribution in [1.82, 2.24) is 5.32 Å². The normalized spacial score (nSPS) is 10.2. The van der Waals surface area contributed by atoms with Crippen LogP contribution in [0.4, 0.5) is 4.79 Å². The number of alkyl carbamates (subject to hydrolysis) is 1. The second kappa shape index (κ2) is 10.6. The summed E-state index contributed by atoms with van der Waals surface area (Å²) in [6.45, 7) is 1.09. The molecule has 9 heteroatoms. The third-order valence-corrected chi connectivity index (χ3v) is 3.00. The van der Waals surface area contributed by atoms with E-state index >= 15 is 0 Å². The number of amides is 2. The molecule has 0 bridgehead atoms. The van der Waals surface area contributed by atoms with Gasteiger partial charge < -0.3 is 23.7 Å². The van der Waals surface area contributed by atoms with Gasteiger partial charge in [-0.2, -0.15) is 0 Å². The van der Waals surface area contributed by atoms with Gasteiger partial charge in [-0.05, 0) is 19.1 Å². The molecular weight excluding hydrogens is 346 g/mol. The van der Waals surface area contributed by atoms with Crippen molar-refractivity contribution < 1.29 is 38.1 Å². The molecule has 0 fully saturated rings. The summed E-state index contributed by atoms with van der Waals surface area (Å²) in [6, 6.07) is 3.23. The van der Waals surface area contributed by atoms with E-state index in [1.165, 1.54) is 27.4 Å². The van der Waals surface area contributed by atoms with E-state index in [4.69, 9.17) is 18.9 Å². The number of hydrogen-bond donors (Lipinski definition) is 1. The van der Waals surface area contributed by atoms with E-state index in [1.54, 1.807) is 19.1 Å². The number of esters is 1. The molecule has 1 N–H and O–H groups in total. The Labute approximate surface area is 150 Å². The molecule has 0 spiro atoms. The molecule has 0 aliphatic rings. The molecule has 0 aliphatic carbocycles. The minimum atomic E-state index is -0.904. The molecule has 0 atom stereocenters. The van der Waals surface area contributed by atoms with Crippen LogP contribution in [0.1, 0.15) is 12.5 Å². The van der Waals surface area contributed by atoms with Crippen LogP contribution in [0.25, 0.3) is 6.08 Å². The second-order valence-corrected chi connectivity index (χ2v) is 4.66. The highest BCUT2D eigenvalue weighted by Crippen LogP contribution is 2.35. The average Bonchev–Trinajstić information content (AvgIpc) is 2.63. The van der Waals surface area contributed by atoms with Crippen molar-refractivity contribution in [2.75, 3.05) is 34.5 Å². The fourth-order valence-corrected chi connectivity index (χ4v) is 1.84. The highest BCUT2D eigenvalue weighted by atomic mass is 16.6. The zero-order valence-corrected chi connectivity index (χ0v) is 15.0. The third-order valence-electron chi connectivity index (χ3n) is 3.00. The zero-order valence-electron chi connectivity index (χ0n) is 15.0. The van der Waals surface area contributed by atoms with E-state index in [2.05, 4.69) is 4.74 Å². The second-order valence-electron chi connectivity index (χ2n) is 4.66. The number of nitrogens with one attached hydrogen (secondary N) is 1. The lowest BCUT2D eigenvalue weighted by atomic mass is 10.1. The summed E-state index contributed by atoms with van der Waals surface area (Å²) in [5.41, 5.74) is 0.540. The number of imide groups is 1. The maximum atomic E-state index is 11.7. The van der Waals surface area contributed by atoms with Crippen LogP contribution in [0.15, 0.2) is 18.2 Å². The van der Waals surface area contributed by atoms with Crippen molar-refractivity contribution in [2.24, 2.45) is 0 Å². The standard InChI is InChI=1S/C17H21NO8/c1-5-25-17(21)18-15(19)10-26-16(20)7-6-11-8-13(23-3)14(24-4)9-12(11)22-2/h6-9H,5,10H2,1-4H3,(H,18,19,21)/b7-6+. The first-order chi connectivity index (χ1) is 12.4. The van der Waals surface area contributed by atoms with Crippen LogP contribution in [0.5, 0.6) is 17.2 Å². The summed E-state index contributed by atoms with van der Waals surface area (Å²) in [5.74, 6) is -0.198. The van der Waals surface area contributed by atoms with Gasteiger partial charge in [0, 0.05) is 17.7 Å². The van der Waals surface area contributed by atoms with E-state index in [0.29, 0.717) is 22.8 Å². The first-order valence-corrected chi connectivity index (χ1v) is 7.56. The van der Waals surface area contributed by atoms with Crippen LogP contribution >= 0.6 is 0 Å². The number of rotatable bonds is 8. The van der Waals surface area contributed by atoms with E-state index in [1.807, 2.05) is 5.32 Å². The van der Waals surface area contributed by atoms with Gasteiger partial charge in [0.2, 0.25) is 0 Å². The van der Waals surface area contributed by atoms with Gasteiger partial charge in [-0.1, -0.05) is 0 Å². The van der Waals surface area contributed by atoms with Crippen LogP contribution in [0.3, 0.4) is 0 Å². The molecule has 1 aromatic rings. The van der Waals surface area contributed by atoms with Crippen molar-refractivity contribution in [3.63, 3.8) is 0 Å². The Balaban J connectivity index is 2.70. The monoisotopic (exact) mass is 367 g/mol. The summed E-state index contributed by atoms with van der Waals surface area (Å²) in [5, 5.41) is 1.90. The quantitative estimate of drug-likeness (QED) is 0.544. The van der Waals surface area contributed by atoms with Gasteiger partial charge in [-0.15, -0.1) is 0 Å². The Morgan fingerprint density at radius 3 is 2.15 bits per heavy atom. The largest absolute Gasteiger partial charge is 0.496 e.